The summed E-state index contributed by atoms with van der Waals surface area (Å²) in [5, 5.41) is 26.3. The van der Waals surface area contributed by atoms with E-state index in [0.29, 0.717) is 17.6 Å². The molecule has 2 aromatic carbocycles. The highest BCUT2D eigenvalue weighted by molar-refractivity contribution is 5.45. The van der Waals surface area contributed by atoms with Crippen molar-refractivity contribution in [3.05, 3.63) is 53.6 Å². The van der Waals surface area contributed by atoms with Crippen LogP contribution in [0.4, 0.5) is 0 Å². The average Bonchev–Trinajstić information content (AvgIpc) is 2.60. The van der Waals surface area contributed by atoms with Crippen molar-refractivity contribution in [2.24, 2.45) is 5.92 Å². The summed E-state index contributed by atoms with van der Waals surface area (Å²) >= 11 is 0. The van der Waals surface area contributed by atoms with Gasteiger partial charge < -0.3 is 20.1 Å². The van der Waals surface area contributed by atoms with Crippen molar-refractivity contribution in [2.75, 3.05) is 7.11 Å². The Morgan fingerprint density at radius 2 is 1.58 bits per heavy atom. The van der Waals surface area contributed by atoms with Gasteiger partial charge in [0.15, 0.2) is 0 Å². The molecule has 3 atom stereocenters. The average molecular weight is 330 g/mol. The highest BCUT2D eigenvalue weighted by Crippen LogP contribution is 2.48. The van der Waals surface area contributed by atoms with Gasteiger partial charge in [-0.15, -0.1) is 0 Å². The number of hydrogen-bond donors (Lipinski definition) is 3. The van der Waals surface area contributed by atoms with Crippen molar-refractivity contribution < 1.29 is 20.1 Å². The second-order valence-corrected chi connectivity index (χ2v) is 6.11. The Kier molecular flexibility index (Phi) is 6.10. The molecule has 1 aliphatic heterocycles. The van der Waals surface area contributed by atoms with Gasteiger partial charge in [-0.3, -0.25) is 0 Å². The predicted molar refractivity (Wildman–Crippen MR) is 94.5 cm³/mol. The van der Waals surface area contributed by atoms with Crippen molar-refractivity contribution in [1.82, 2.24) is 0 Å². The second kappa shape index (κ2) is 8.06. The van der Waals surface area contributed by atoms with Crippen LogP contribution in [0.1, 0.15) is 49.8 Å². The van der Waals surface area contributed by atoms with Crippen LogP contribution in [0.25, 0.3) is 0 Å². The molecular weight excluding hydrogens is 304 g/mol. The van der Waals surface area contributed by atoms with E-state index in [1.165, 1.54) is 0 Å². The van der Waals surface area contributed by atoms with Crippen LogP contribution >= 0.6 is 0 Å². The molecule has 0 saturated carbocycles. The molecule has 0 spiro atoms. The Balaban J connectivity index is 0.00000100. The van der Waals surface area contributed by atoms with Crippen molar-refractivity contribution >= 4 is 0 Å². The van der Waals surface area contributed by atoms with E-state index in [1.54, 1.807) is 18.2 Å². The highest BCUT2D eigenvalue weighted by atomic mass is 16.5. The Hall–Kier alpha value is -2.20. The number of fused-ring (bicyclic) bond motifs is 1. The molecule has 3 rings (SSSR count). The van der Waals surface area contributed by atoms with Crippen molar-refractivity contribution in [1.29, 1.82) is 0 Å². The Labute approximate surface area is 143 Å². The molecule has 3 N–H and O–H groups in total. The molecule has 3 unspecified atom stereocenters. The highest BCUT2D eigenvalue weighted by Gasteiger charge is 2.35. The van der Waals surface area contributed by atoms with Crippen LogP contribution in [-0.4, -0.2) is 22.4 Å². The van der Waals surface area contributed by atoms with Gasteiger partial charge in [0.1, 0.15) is 23.4 Å². The van der Waals surface area contributed by atoms with E-state index in [2.05, 4.69) is 13.8 Å². The zero-order valence-corrected chi connectivity index (χ0v) is 14.4. The monoisotopic (exact) mass is 330 g/mol. The quantitative estimate of drug-likeness (QED) is 0.782. The maximum Gasteiger partial charge on any atom is 0.127 e. The van der Waals surface area contributed by atoms with Gasteiger partial charge in [0, 0.05) is 18.6 Å². The first-order valence-corrected chi connectivity index (χ1v) is 8.33. The van der Waals surface area contributed by atoms with Gasteiger partial charge in [0.05, 0.1) is 0 Å². The molecule has 2 aromatic rings. The largest absolute Gasteiger partial charge is 0.508 e. The summed E-state index contributed by atoms with van der Waals surface area (Å²) in [6, 6.07) is 12.6. The van der Waals surface area contributed by atoms with E-state index in [1.807, 2.05) is 24.3 Å². The minimum atomic E-state index is -0.0332. The third-order valence-corrected chi connectivity index (χ3v) is 4.58. The number of benzene rings is 2. The lowest BCUT2D eigenvalue weighted by molar-refractivity contribution is 0.0985. The molecule has 1 heterocycles. The van der Waals surface area contributed by atoms with E-state index in [0.717, 1.165) is 36.8 Å². The maximum absolute atomic E-state index is 9.79. The number of ether oxygens (including phenoxy) is 1. The molecule has 0 amide bonds. The maximum atomic E-state index is 9.79. The van der Waals surface area contributed by atoms with Crippen molar-refractivity contribution in [3.8, 4) is 17.2 Å². The van der Waals surface area contributed by atoms with Gasteiger partial charge in [-0.25, -0.2) is 0 Å². The van der Waals surface area contributed by atoms with Crippen LogP contribution < -0.4 is 4.74 Å². The fourth-order valence-electron chi connectivity index (χ4n) is 3.44. The van der Waals surface area contributed by atoms with Gasteiger partial charge in [0.25, 0.3) is 0 Å². The van der Waals surface area contributed by atoms with E-state index in [-0.39, 0.29) is 11.9 Å². The molecule has 0 aromatic heterocycles. The zero-order chi connectivity index (χ0) is 17.7. The van der Waals surface area contributed by atoms with Crippen LogP contribution in [0.15, 0.2) is 42.5 Å². The van der Waals surface area contributed by atoms with Crippen molar-refractivity contribution in [2.45, 2.75) is 38.7 Å². The lowest BCUT2D eigenvalue weighted by Gasteiger charge is -2.38. The Morgan fingerprint density at radius 3 is 2.21 bits per heavy atom. The van der Waals surface area contributed by atoms with E-state index in [9.17, 15) is 10.2 Å². The molecule has 4 heteroatoms. The summed E-state index contributed by atoms with van der Waals surface area (Å²) < 4.78 is 6.21. The Bertz CT molecular complexity index is 651. The third-order valence-electron chi connectivity index (χ3n) is 4.58. The fraction of sp³-hybridized carbons (Fsp3) is 0.400. The first kappa shape index (κ1) is 18.1. The minimum Gasteiger partial charge on any atom is -0.508 e. The summed E-state index contributed by atoms with van der Waals surface area (Å²) in [7, 11) is 1.00. The summed E-state index contributed by atoms with van der Waals surface area (Å²) in [6.45, 7) is 4.38. The lowest BCUT2D eigenvalue weighted by Crippen LogP contribution is -2.28. The molecule has 0 fully saturated rings. The number of rotatable bonds is 3. The molecular formula is C20H26O4. The summed E-state index contributed by atoms with van der Waals surface area (Å²) in [4.78, 5) is 0. The summed E-state index contributed by atoms with van der Waals surface area (Å²) in [5.74, 6) is 2.08. The van der Waals surface area contributed by atoms with E-state index in [4.69, 9.17) is 9.84 Å². The first-order valence-electron chi connectivity index (χ1n) is 8.33. The van der Waals surface area contributed by atoms with Crippen LogP contribution in [0.5, 0.6) is 17.2 Å². The van der Waals surface area contributed by atoms with Gasteiger partial charge in [-0.05, 0) is 48.2 Å². The normalized spacial score (nSPS) is 21.9. The fourth-order valence-corrected chi connectivity index (χ4v) is 3.44. The van der Waals surface area contributed by atoms with Crippen LogP contribution in [0.3, 0.4) is 0 Å². The standard InChI is InChI=1S/C19H22O3.CH4O/c1-3-4-16-12(2)19(13-5-7-14(20)8-6-13)22-18-10-9-15(21)11-17(16)18;1-2/h5-12,16,19-21H,3-4H2,1-2H3;2H,1H3. The molecule has 4 nitrogen and oxygen atoms in total. The zero-order valence-electron chi connectivity index (χ0n) is 14.4. The molecule has 0 radical (unpaired) electrons. The van der Waals surface area contributed by atoms with Gasteiger partial charge in [-0.2, -0.15) is 0 Å². The molecule has 130 valence electrons. The number of aliphatic hydroxyl groups is 1. The minimum absolute atomic E-state index is 0.0332. The molecule has 1 aliphatic rings. The number of hydrogen-bond acceptors (Lipinski definition) is 4. The van der Waals surface area contributed by atoms with Gasteiger partial charge in [0.2, 0.25) is 0 Å². The Morgan fingerprint density at radius 1 is 0.958 bits per heavy atom. The van der Waals surface area contributed by atoms with Crippen LogP contribution in [0.2, 0.25) is 0 Å². The SMILES string of the molecule is CCCC1c2cc(O)ccc2OC(c2ccc(O)cc2)C1C.CO. The molecule has 0 aliphatic carbocycles. The molecule has 24 heavy (non-hydrogen) atoms. The number of aromatic hydroxyl groups is 2. The molecule has 0 saturated heterocycles. The number of aliphatic hydroxyl groups excluding tert-OH is 1. The van der Waals surface area contributed by atoms with Crippen LogP contribution in [-0.2, 0) is 0 Å². The molecule has 0 bridgehead atoms. The second-order valence-electron chi connectivity index (χ2n) is 6.11. The lowest BCUT2D eigenvalue weighted by atomic mass is 9.76. The van der Waals surface area contributed by atoms with E-state index < -0.39 is 0 Å². The van der Waals surface area contributed by atoms with Crippen molar-refractivity contribution in [3.63, 3.8) is 0 Å². The number of phenolic OH excluding ortho intramolecular Hbond substituents is 2. The summed E-state index contributed by atoms with van der Waals surface area (Å²) in [6.07, 6.45) is 2.12. The smallest absolute Gasteiger partial charge is 0.127 e. The van der Waals surface area contributed by atoms with Gasteiger partial charge in [-0.1, -0.05) is 32.4 Å². The third kappa shape index (κ3) is 3.65. The van der Waals surface area contributed by atoms with Gasteiger partial charge >= 0.3 is 0 Å². The predicted octanol–water partition coefficient (Wildman–Crippen LogP) is 4.36. The number of phenols is 2. The van der Waals surface area contributed by atoms with E-state index >= 15 is 0 Å². The summed E-state index contributed by atoms with van der Waals surface area (Å²) in [5.41, 5.74) is 2.18. The first-order chi connectivity index (χ1) is 11.6. The topological polar surface area (TPSA) is 69.9 Å². The van der Waals surface area contributed by atoms with Crippen LogP contribution in [0, 0.1) is 5.92 Å².